The maximum Gasteiger partial charge on any atom is 0.410 e. The van der Waals surface area contributed by atoms with Gasteiger partial charge in [0.15, 0.2) is 0 Å². The molecule has 0 spiro atoms. The number of amides is 1. The zero-order valence-corrected chi connectivity index (χ0v) is 14.8. The highest BCUT2D eigenvalue weighted by atomic mass is 16.6. The molecular weight excluding hydrogens is 294 g/mol. The van der Waals surface area contributed by atoms with Crippen LogP contribution in [0.3, 0.4) is 0 Å². The van der Waals surface area contributed by atoms with Crippen LogP contribution in [-0.2, 0) is 11.3 Å². The first kappa shape index (κ1) is 19.1. The Bertz CT molecular complexity index is 446. The summed E-state index contributed by atoms with van der Waals surface area (Å²) in [4.78, 5) is 14.1. The SMILES string of the molecule is CCCCN(CCCC)C(=O)OCc1cc(OC)cc(OC)c1. The van der Waals surface area contributed by atoms with Gasteiger partial charge in [0.25, 0.3) is 0 Å². The number of hydrogen-bond donors (Lipinski definition) is 0. The minimum absolute atomic E-state index is 0.209. The number of rotatable bonds is 10. The van der Waals surface area contributed by atoms with Crippen LogP contribution in [0.4, 0.5) is 4.79 Å². The second kappa shape index (κ2) is 10.8. The third-order valence-corrected chi connectivity index (χ3v) is 3.59. The molecule has 130 valence electrons. The summed E-state index contributed by atoms with van der Waals surface area (Å²) in [6, 6.07) is 5.48. The Morgan fingerprint density at radius 1 is 0.957 bits per heavy atom. The summed E-state index contributed by atoms with van der Waals surface area (Å²) in [5, 5.41) is 0. The average Bonchev–Trinajstić information content (AvgIpc) is 2.59. The molecule has 1 aromatic carbocycles. The lowest BCUT2D eigenvalue weighted by Crippen LogP contribution is -2.33. The number of carbonyl (C=O) groups excluding carboxylic acids is 1. The molecule has 0 fully saturated rings. The zero-order chi connectivity index (χ0) is 17.1. The molecule has 0 aliphatic carbocycles. The van der Waals surface area contributed by atoms with E-state index >= 15 is 0 Å². The highest BCUT2D eigenvalue weighted by molar-refractivity contribution is 5.67. The summed E-state index contributed by atoms with van der Waals surface area (Å²) in [5.41, 5.74) is 0.848. The zero-order valence-electron chi connectivity index (χ0n) is 14.8. The normalized spacial score (nSPS) is 10.3. The van der Waals surface area contributed by atoms with Gasteiger partial charge in [-0.3, -0.25) is 0 Å². The summed E-state index contributed by atoms with van der Waals surface area (Å²) in [7, 11) is 3.20. The number of carbonyl (C=O) groups is 1. The van der Waals surface area contributed by atoms with Crippen molar-refractivity contribution in [2.45, 2.75) is 46.1 Å². The monoisotopic (exact) mass is 323 g/mol. The van der Waals surface area contributed by atoms with Crippen LogP contribution in [0.2, 0.25) is 0 Å². The summed E-state index contributed by atoms with van der Waals surface area (Å²) in [5.74, 6) is 1.37. The third-order valence-electron chi connectivity index (χ3n) is 3.59. The Kier molecular flexibility index (Phi) is 8.95. The van der Waals surface area contributed by atoms with Crippen LogP contribution < -0.4 is 9.47 Å². The molecule has 23 heavy (non-hydrogen) atoms. The van der Waals surface area contributed by atoms with Crippen molar-refractivity contribution in [2.24, 2.45) is 0 Å². The smallest absolute Gasteiger partial charge is 0.410 e. The van der Waals surface area contributed by atoms with Crippen molar-refractivity contribution in [3.8, 4) is 11.5 Å². The van der Waals surface area contributed by atoms with Gasteiger partial charge < -0.3 is 19.1 Å². The molecule has 0 N–H and O–H groups in total. The molecule has 0 bridgehead atoms. The van der Waals surface area contributed by atoms with Crippen LogP contribution >= 0.6 is 0 Å². The van der Waals surface area contributed by atoms with Crippen molar-refractivity contribution < 1.29 is 19.0 Å². The predicted molar refractivity (Wildman–Crippen MR) is 91.1 cm³/mol. The Hall–Kier alpha value is -1.91. The van der Waals surface area contributed by atoms with Gasteiger partial charge in [-0.1, -0.05) is 26.7 Å². The van der Waals surface area contributed by atoms with Gasteiger partial charge >= 0.3 is 6.09 Å². The second-order valence-electron chi connectivity index (χ2n) is 5.47. The van der Waals surface area contributed by atoms with Gasteiger partial charge in [-0.15, -0.1) is 0 Å². The summed E-state index contributed by atoms with van der Waals surface area (Å²) in [6.07, 6.45) is 3.84. The van der Waals surface area contributed by atoms with Crippen molar-refractivity contribution in [1.29, 1.82) is 0 Å². The lowest BCUT2D eigenvalue weighted by Gasteiger charge is -2.22. The minimum atomic E-state index is -0.256. The number of unbranched alkanes of at least 4 members (excludes halogenated alkanes) is 2. The lowest BCUT2D eigenvalue weighted by atomic mass is 10.2. The van der Waals surface area contributed by atoms with Gasteiger partial charge in [0.1, 0.15) is 18.1 Å². The van der Waals surface area contributed by atoms with E-state index in [1.54, 1.807) is 25.2 Å². The van der Waals surface area contributed by atoms with E-state index in [0.717, 1.165) is 44.3 Å². The lowest BCUT2D eigenvalue weighted by molar-refractivity contribution is 0.0950. The van der Waals surface area contributed by atoms with Crippen LogP contribution in [0, 0.1) is 0 Å². The van der Waals surface area contributed by atoms with Crippen molar-refractivity contribution >= 4 is 6.09 Å². The molecule has 0 aliphatic rings. The standard InChI is InChI=1S/C18H29NO4/c1-5-7-9-19(10-8-6-2)18(20)23-14-15-11-16(21-3)13-17(12-15)22-4/h11-13H,5-10,14H2,1-4H3. The summed E-state index contributed by atoms with van der Waals surface area (Å²) < 4.78 is 15.9. The molecule has 0 saturated carbocycles. The topological polar surface area (TPSA) is 48.0 Å². The first-order valence-electron chi connectivity index (χ1n) is 8.28. The molecule has 0 aromatic heterocycles. The Morgan fingerprint density at radius 3 is 1.91 bits per heavy atom. The van der Waals surface area contributed by atoms with Gasteiger partial charge in [-0.05, 0) is 30.5 Å². The molecule has 0 atom stereocenters. The van der Waals surface area contributed by atoms with Gasteiger partial charge in [0, 0.05) is 19.2 Å². The molecule has 5 nitrogen and oxygen atoms in total. The Morgan fingerprint density at radius 2 is 1.48 bits per heavy atom. The predicted octanol–water partition coefficient (Wildman–Crippen LogP) is 4.24. The highest BCUT2D eigenvalue weighted by Crippen LogP contribution is 2.23. The van der Waals surface area contributed by atoms with E-state index in [2.05, 4.69) is 13.8 Å². The van der Waals surface area contributed by atoms with E-state index in [9.17, 15) is 4.79 Å². The molecule has 1 aromatic rings. The number of nitrogens with zero attached hydrogens (tertiary/aromatic N) is 1. The fourth-order valence-electron chi connectivity index (χ4n) is 2.18. The maximum absolute atomic E-state index is 12.3. The van der Waals surface area contributed by atoms with E-state index < -0.39 is 0 Å². The highest BCUT2D eigenvalue weighted by Gasteiger charge is 2.14. The van der Waals surface area contributed by atoms with E-state index in [4.69, 9.17) is 14.2 Å². The molecule has 0 saturated heterocycles. The van der Waals surface area contributed by atoms with E-state index in [-0.39, 0.29) is 12.7 Å². The maximum atomic E-state index is 12.3. The fourth-order valence-corrected chi connectivity index (χ4v) is 2.18. The van der Waals surface area contributed by atoms with E-state index in [0.29, 0.717) is 11.5 Å². The third kappa shape index (κ3) is 6.80. The first-order chi connectivity index (χ1) is 11.1. The summed E-state index contributed by atoms with van der Waals surface area (Å²) >= 11 is 0. The number of methoxy groups -OCH3 is 2. The Balaban J connectivity index is 2.64. The van der Waals surface area contributed by atoms with Crippen LogP contribution in [0.1, 0.15) is 45.1 Å². The molecule has 0 unspecified atom stereocenters. The molecule has 0 radical (unpaired) electrons. The van der Waals surface area contributed by atoms with Gasteiger partial charge in [0.05, 0.1) is 14.2 Å². The number of ether oxygens (including phenoxy) is 3. The van der Waals surface area contributed by atoms with Gasteiger partial charge in [0.2, 0.25) is 0 Å². The molecule has 1 rings (SSSR count). The van der Waals surface area contributed by atoms with E-state index in [1.807, 2.05) is 12.1 Å². The second-order valence-corrected chi connectivity index (χ2v) is 5.47. The molecule has 1 amide bonds. The van der Waals surface area contributed by atoms with Crippen LogP contribution in [0.15, 0.2) is 18.2 Å². The van der Waals surface area contributed by atoms with Crippen LogP contribution in [-0.4, -0.2) is 38.3 Å². The average molecular weight is 323 g/mol. The largest absolute Gasteiger partial charge is 0.497 e. The van der Waals surface area contributed by atoms with E-state index in [1.165, 1.54) is 0 Å². The molecule has 0 aliphatic heterocycles. The first-order valence-corrected chi connectivity index (χ1v) is 8.28. The van der Waals surface area contributed by atoms with Gasteiger partial charge in [-0.25, -0.2) is 4.79 Å². The fraction of sp³-hybridized carbons (Fsp3) is 0.611. The number of hydrogen-bond acceptors (Lipinski definition) is 4. The van der Waals surface area contributed by atoms with Crippen LogP contribution in [0.25, 0.3) is 0 Å². The number of benzene rings is 1. The Labute approximate surface area is 139 Å². The van der Waals surface area contributed by atoms with Crippen LogP contribution in [0.5, 0.6) is 11.5 Å². The quantitative estimate of drug-likeness (QED) is 0.646. The van der Waals surface area contributed by atoms with Crippen molar-refractivity contribution in [2.75, 3.05) is 27.3 Å². The van der Waals surface area contributed by atoms with Crippen molar-refractivity contribution in [1.82, 2.24) is 4.90 Å². The molecule has 0 heterocycles. The van der Waals surface area contributed by atoms with Crippen molar-refractivity contribution in [3.05, 3.63) is 23.8 Å². The minimum Gasteiger partial charge on any atom is -0.497 e. The molecular formula is C18H29NO4. The van der Waals surface area contributed by atoms with Gasteiger partial charge in [-0.2, -0.15) is 0 Å². The van der Waals surface area contributed by atoms with Crippen molar-refractivity contribution in [3.63, 3.8) is 0 Å². The summed E-state index contributed by atoms with van der Waals surface area (Å²) in [6.45, 7) is 5.94. The molecule has 5 heteroatoms.